The third kappa shape index (κ3) is 3.85. The van der Waals surface area contributed by atoms with E-state index < -0.39 is 5.54 Å². The maximum absolute atomic E-state index is 12.4. The molecule has 1 fully saturated rings. The Morgan fingerprint density at radius 1 is 1.20 bits per heavy atom. The number of anilines is 1. The van der Waals surface area contributed by atoms with E-state index >= 15 is 0 Å². The molecule has 4 nitrogen and oxygen atoms in total. The fourth-order valence-corrected chi connectivity index (χ4v) is 3.71. The van der Waals surface area contributed by atoms with Crippen LogP contribution >= 0.6 is 0 Å². The van der Waals surface area contributed by atoms with Crippen molar-refractivity contribution in [2.75, 3.05) is 18.4 Å². The van der Waals surface area contributed by atoms with Crippen molar-refractivity contribution in [1.82, 2.24) is 4.90 Å². The minimum Gasteiger partial charge on any atom is -0.371 e. The summed E-state index contributed by atoms with van der Waals surface area (Å²) in [5.74, 6) is -0.135. The Morgan fingerprint density at radius 2 is 1.88 bits per heavy atom. The Morgan fingerprint density at radius 3 is 2.48 bits per heavy atom. The van der Waals surface area contributed by atoms with Crippen molar-refractivity contribution < 1.29 is 4.79 Å². The number of piperidine rings is 1. The predicted octanol–water partition coefficient (Wildman–Crippen LogP) is 3.17. The number of hydrogen-bond acceptors (Lipinski definition) is 3. The molecule has 1 aliphatic heterocycles. The van der Waals surface area contributed by atoms with Gasteiger partial charge in [-0.15, -0.1) is 0 Å². The zero-order valence-corrected chi connectivity index (χ0v) is 15.0. The number of hydrogen-bond donors (Lipinski definition) is 2. The van der Waals surface area contributed by atoms with Gasteiger partial charge in [-0.05, 0) is 31.0 Å². The van der Waals surface area contributed by atoms with Gasteiger partial charge in [0.2, 0.25) is 5.91 Å². The van der Waals surface area contributed by atoms with E-state index in [4.69, 9.17) is 5.73 Å². The lowest BCUT2D eigenvalue weighted by Crippen LogP contribution is -2.62. The topological polar surface area (TPSA) is 58.4 Å². The standard InChI is InChI=1S/C21H27N3O/c1-16-8-10-19(11-9-16)23-21(20(22)25)12-13-24(14-17(21)2)15-18-6-4-3-5-7-18/h3-11,17,23H,12-15H2,1-2H3,(H2,22,25). The lowest BCUT2D eigenvalue weighted by atomic mass is 9.77. The van der Waals surface area contributed by atoms with Gasteiger partial charge >= 0.3 is 0 Å². The van der Waals surface area contributed by atoms with Crippen molar-refractivity contribution in [3.63, 3.8) is 0 Å². The number of nitrogens with two attached hydrogens (primary N) is 1. The van der Waals surface area contributed by atoms with Gasteiger partial charge in [-0.25, -0.2) is 0 Å². The van der Waals surface area contributed by atoms with Crippen molar-refractivity contribution in [3.05, 3.63) is 65.7 Å². The van der Waals surface area contributed by atoms with Crippen LogP contribution in [-0.4, -0.2) is 29.4 Å². The Bertz CT molecular complexity index is 714. The van der Waals surface area contributed by atoms with Crippen LogP contribution in [0.5, 0.6) is 0 Å². The SMILES string of the molecule is Cc1ccc(NC2(C(N)=O)CCN(Cc3ccccc3)CC2C)cc1. The molecule has 3 N–H and O–H groups in total. The minimum absolute atomic E-state index is 0.128. The molecule has 4 heteroatoms. The molecule has 3 rings (SSSR count). The first-order chi connectivity index (χ1) is 12.0. The number of amides is 1. The molecule has 2 aromatic carbocycles. The maximum atomic E-state index is 12.4. The van der Waals surface area contributed by atoms with Crippen LogP contribution in [0.4, 0.5) is 5.69 Å². The first-order valence-electron chi connectivity index (χ1n) is 8.90. The average molecular weight is 337 g/mol. The molecule has 0 aliphatic carbocycles. The lowest BCUT2D eigenvalue weighted by Gasteiger charge is -2.45. The highest BCUT2D eigenvalue weighted by Gasteiger charge is 2.45. The van der Waals surface area contributed by atoms with Crippen molar-refractivity contribution in [1.29, 1.82) is 0 Å². The Kier molecular flexibility index (Phi) is 5.09. The summed E-state index contributed by atoms with van der Waals surface area (Å²) in [5.41, 5.74) is 8.61. The zero-order valence-electron chi connectivity index (χ0n) is 15.0. The highest BCUT2D eigenvalue weighted by Crippen LogP contribution is 2.32. The maximum Gasteiger partial charge on any atom is 0.243 e. The van der Waals surface area contributed by atoms with E-state index in [0.717, 1.165) is 25.3 Å². The number of benzene rings is 2. The number of primary amides is 1. The summed E-state index contributed by atoms with van der Waals surface area (Å²) in [6, 6.07) is 18.6. The number of carbonyl (C=O) groups is 1. The van der Waals surface area contributed by atoms with Crippen LogP contribution < -0.4 is 11.1 Å². The fraction of sp³-hybridized carbons (Fsp3) is 0.381. The van der Waals surface area contributed by atoms with E-state index in [1.807, 2.05) is 30.3 Å². The normalized spacial score (nSPS) is 24.0. The van der Waals surface area contributed by atoms with E-state index in [2.05, 4.69) is 48.3 Å². The monoisotopic (exact) mass is 337 g/mol. The summed E-state index contributed by atoms with van der Waals surface area (Å²) in [4.78, 5) is 14.8. The van der Waals surface area contributed by atoms with Gasteiger partial charge in [0.05, 0.1) is 0 Å². The van der Waals surface area contributed by atoms with Gasteiger partial charge in [0, 0.05) is 31.2 Å². The molecule has 0 aromatic heterocycles. The van der Waals surface area contributed by atoms with Crippen LogP contribution in [0.1, 0.15) is 24.5 Å². The van der Waals surface area contributed by atoms with Gasteiger partial charge < -0.3 is 11.1 Å². The molecule has 2 unspecified atom stereocenters. The van der Waals surface area contributed by atoms with Crippen LogP contribution in [0.3, 0.4) is 0 Å². The fourth-order valence-electron chi connectivity index (χ4n) is 3.71. The molecular formula is C21H27N3O. The van der Waals surface area contributed by atoms with Crippen molar-refractivity contribution in [2.45, 2.75) is 32.4 Å². The Hall–Kier alpha value is -2.33. The van der Waals surface area contributed by atoms with Gasteiger partial charge in [0.1, 0.15) is 5.54 Å². The van der Waals surface area contributed by atoms with Crippen LogP contribution in [0.2, 0.25) is 0 Å². The molecule has 0 saturated carbocycles. The molecule has 132 valence electrons. The summed E-state index contributed by atoms with van der Waals surface area (Å²) in [6.45, 7) is 6.77. The molecule has 0 bridgehead atoms. The summed E-state index contributed by atoms with van der Waals surface area (Å²) >= 11 is 0. The van der Waals surface area contributed by atoms with Crippen LogP contribution in [0.15, 0.2) is 54.6 Å². The number of aryl methyl sites for hydroxylation is 1. The number of likely N-dealkylation sites (tertiary alicyclic amines) is 1. The van der Waals surface area contributed by atoms with Gasteiger partial charge in [0.25, 0.3) is 0 Å². The number of nitrogens with one attached hydrogen (secondary N) is 1. The van der Waals surface area contributed by atoms with E-state index in [0.29, 0.717) is 6.42 Å². The number of carbonyl (C=O) groups excluding carboxylic acids is 1. The second-order valence-electron chi connectivity index (χ2n) is 7.20. The van der Waals surface area contributed by atoms with Gasteiger partial charge in [-0.2, -0.15) is 0 Å². The first-order valence-corrected chi connectivity index (χ1v) is 8.90. The second-order valence-corrected chi connectivity index (χ2v) is 7.20. The number of nitrogens with zero attached hydrogens (tertiary/aromatic N) is 1. The molecular weight excluding hydrogens is 310 g/mol. The van der Waals surface area contributed by atoms with Crippen molar-refractivity contribution in [2.24, 2.45) is 11.7 Å². The van der Waals surface area contributed by atoms with Crippen LogP contribution in [0.25, 0.3) is 0 Å². The molecule has 0 radical (unpaired) electrons. The van der Waals surface area contributed by atoms with Gasteiger partial charge in [-0.3, -0.25) is 9.69 Å². The second kappa shape index (κ2) is 7.28. The van der Waals surface area contributed by atoms with Crippen molar-refractivity contribution >= 4 is 11.6 Å². The predicted molar refractivity (Wildman–Crippen MR) is 102 cm³/mol. The molecule has 1 heterocycles. The largest absolute Gasteiger partial charge is 0.371 e. The number of rotatable bonds is 5. The van der Waals surface area contributed by atoms with Crippen LogP contribution in [-0.2, 0) is 11.3 Å². The van der Waals surface area contributed by atoms with E-state index in [1.165, 1.54) is 11.1 Å². The van der Waals surface area contributed by atoms with E-state index in [9.17, 15) is 4.79 Å². The molecule has 1 amide bonds. The van der Waals surface area contributed by atoms with Gasteiger partial charge in [-0.1, -0.05) is 55.0 Å². The smallest absolute Gasteiger partial charge is 0.243 e. The third-order valence-corrected chi connectivity index (χ3v) is 5.30. The first kappa shape index (κ1) is 17.5. The minimum atomic E-state index is -0.692. The Balaban J connectivity index is 1.73. The third-order valence-electron chi connectivity index (χ3n) is 5.30. The zero-order chi connectivity index (χ0) is 17.9. The molecule has 2 aromatic rings. The molecule has 1 aliphatic rings. The molecule has 1 saturated heterocycles. The average Bonchev–Trinajstić information content (AvgIpc) is 2.60. The van der Waals surface area contributed by atoms with Crippen LogP contribution in [0, 0.1) is 12.8 Å². The summed E-state index contributed by atoms with van der Waals surface area (Å²) in [7, 11) is 0. The van der Waals surface area contributed by atoms with E-state index in [-0.39, 0.29) is 11.8 Å². The Labute approximate surface area is 150 Å². The molecule has 2 atom stereocenters. The quantitative estimate of drug-likeness (QED) is 0.881. The summed E-state index contributed by atoms with van der Waals surface area (Å²) in [6.07, 6.45) is 0.713. The molecule has 0 spiro atoms. The highest BCUT2D eigenvalue weighted by atomic mass is 16.1. The molecule has 25 heavy (non-hydrogen) atoms. The van der Waals surface area contributed by atoms with Gasteiger partial charge in [0.15, 0.2) is 0 Å². The van der Waals surface area contributed by atoms with E-state index in [1.54, 1.807) is 0 Å². The highest BCUT2D eigenvalue weighted by molar-refractivity contribution is 5.88. The summed E-state index contributed by atoms with van der Waals surface area (Å²) < 4.78 is 0. The lowest BCUT2D eigenvalue weighted by molar-refractivity contribution is -0.125. The summed E-state index contributed by atoms with van der Waals surface area (Å²) in [5, 5.41) is 3.45. The van der Waals surface area contributed by atoms with Crippen molar-refractivity contribution in [3.8, 4) is 0 Å².